The number of H-pyrrole nitrogens is 1. The van der Waals surface area contributed by atoms with Crippen LogP contribution in [-0.2, 0) is 27.2 Å². The standard InChI is InChI=1S/C36H30ClF6N7O4S/c1-35(2,52)9-8-18-4-5-19(20-6-7-24(37)26-28(20)46-47-34(26)49-55(3,53)54)27(45-18)22(12-15-10-16(38)13-17(39)11-15)30(33(44)51)50-31-25(29(48-50)32(40)41)21-14-23(21)36(31,42)43/h4-7,10-11,13,21-23,30,32,52H,12,14H2,1-3H3,(H2,44,51)(H2,46,47,49)/t21-,22+,23+,30?/m0/s1. The number of carbonyl (C=O) groups is 1. The molecule has 1 saturated carbocycles. The summed E-state index contributed by atoms with van der Waals surface area (Å²) in [4.78, 5) is 18.4. The Morgan fingerprint density at radius 3 is 2.44 bits per heavy atom. The molecule has 4 atom stereocenters. The number of aromatic nitrogens is 5. The van der Waals surface area contributed by atoms with Gasteiger partial charge >= 0.3 is 0 Å². The molecule has 7 rings (SSSR count). The Balaban J connectivity index is 1.54. The van der Waals surface area contributed by atoms with Gasteiger partial charge in [-0.1, -0.05) is 23.6 Å². The van der Waals surface area contributed by atoms with Gasteiger partial charge in [0.05, 0.1) is 27.9 Å². The van der Waals surface area contributed by atoms with Crippen molar-refractivity contribution >= 4 is 44.3 Å². The van der Waals surface area contributed by atoms with Crippen molar-refractivity contribution in [1.82, 2.24) is 25.0 Å². The highest BCUT2D eigenvalue weighted by Gasteiger charge is 2.67. The van der Waals surface area contributed by atoms with Crippen molar-refractivity contribution in [3.63, 3.8) is 0 Å². The molecule has 1 unspecified atom stereocenters. The van der Waals surface area contributed by atoms with E-state index in [-0.39, 0.29) is 61.8 Å². The van der Waals surface area contributed by atoms with E-state index in [1.54, 1.807) is 0 Å². The summed E-state index contributed by atoms with van der Waals surface area (Å²) in [5, 5.41) is 21.2. The van der Waals surface area contributed by atoms with Gasteiger partial charge in [-0.2, -0.15) is 19.0 Å². The zero-order chi connectivity index (χ0) is 39.9. The monoisotopic (exact) mass is 805 g/mol. The molecule has 0 bridgehead atoms. The molecule has 288 valence electrons. The average molecular weight is 806 g/mol. The summed E-state index contributed by atoms with van der Waals surface area (Å²) in [5.74, 6) is -5.74. The number of halogens is 7. The van der Waals surface area contributed by atoms with E-state index in [0.717, 1.165) is 18.4 Å². The Morgan fingerprint density at radius 1 is 1.15 bits per heavy atom. The van der Waals surface area contributed by atoms with Crippen LogP contribution >= 0.6 is 11.6 Å². The van der Waals surface area contributed by atoms with Crippen molar-refractivity contribution in [2.75, 3.05) is 11.0 Å². The van der Waals surface area contributed by atoms with E-state index < -0.39 is 87.1 Å². The van der Waals surface area contributed by atoms with Gasteiger partial charge in [-0.15, -0.1) is 0 Å². The number of primary amides is 1. The van der Waals surface area contributed by atoms with Crippen LogP contribution in [0.3, 0.4) is 0 Å². The molecule has 55 heavy (non-hydrogen) atoms. The Kier molecular flexibility index (Phi) is 9.21. The largest absolute Gasteiger partial charge is 0.378 e. The summed E-state index contributed by atoms with van der Waals surface area (Å²) in [6.45, 7) is 2.79. The third-order valence-electron chi connectivity index (χ3n) is 9.45. The molecule has 2 aromatic carbocycles. The van der Waals surface area contributed by atoms with Crippen LogP contribution in [0, 0.1) is 29.4 Å². The molecule has 11 nitrogen and oxygen atoms in total. The molecule has 2 aliphatic carbocycles. The van der Waals surface area contributed by atoms with Crippen LogP contribution in [0.5, 0.6) is 0 Å². The molecule has 0 aliphatic heterocycles. The van der Waals surface area contributed by atoms with Gasteiger partial charge in [0.2, 0.25) is 15.9 Å². The van der Waals surface area contributed by atoms with Crippen molar-refractivity contribution in [3.8, 4) is 23.0 Å². The minimum Gasteiger partial charge on any atom is -0.378 e. The van der Waals surface area contributed by atoms with Crippen LogP contribution < -0.4 is 10.5 Å². The Hall–Kier alpha value is -5.12. The lowest BCUT2D eigenvalue weighted by atomic mass is 9.84. The second kappa shape index (κ2) is 13.3. The third-order valence-corrected chi connectivity index (χ3v) is 10.3. The first kappa shape index (κ1) is 38.2. The molecule has 0 saturated heterocycles. The highest BCUT2D eigenvalue weighted by Crippen LogP contribution is 2.68. The maximum Gasteiger partial charge on any atom is 0.293 e. The maximum absolute atomic E-state index is 16.0. The molecule has 2 aliphatic rings. The fourth-order valence-electron chi connectivity index (χ4n) is 7.28. The van der Waals surface area contributed by atoms with Gasteiger partial charge in [0.15, 0.2) is 5.82 Å². The van der Waals surface area contributed by atoms with E-state index in [1.165, 1.54) is 38.1 Å². The SMILES string of the molecule is CC(C)(O)C#Cc1ccc(-c2ccc(Cl)c3c(NS(C)(=O)=O)n[nH]c23)c([C@@H](Cc2cc(F)cc(F)c2)C(C(N)=O)n2nc(C(F)F)c3c2C(F)(F)[C@@H]2C[C@H]32)n1. The number of fused-ring (bicyclic) bond motifs is 4. The zero-order valence-electron chi connectivity index (χ0n) is 28.9. The van der Waals surface area contributed by atoms with Crippen molar-refractivity contribution < 1.29 is 44.7 Å². The molecule has 1 fully saturated rings. The summed E-state index contributed by atoms with van der Waals surface area (Å²) in [5.41, 5.74) is 2.41. The van der Waals surface area contributed by atoms with Gasteiger partial charge < -0.3 is 10.8 Å². The van der Waals surface area contributed by atoms with E-state index in [1.807, 2.05) is 0 Å². The van der Waals surface area contributed by atoms with Crippen LogP contribution in [0.2, 0.25) is 5.02 Å². The molecule has 3 heterocycles. The Bertz CT molecular complexity index is 2560. The summed E-state index contributed by atoms with van der Waals surface area (Å²) in [6.07, 6.45) is -3.02. The number of carbonyl (C=O) groups excluding carboxylic acids is 1. The normalized spacial score (nSPS) is 18.4. The summed E-state index contributed by atoms with van der Waals surface area (Å²) < 4.78 is 117. The lowest BCUT2D eigenvalue weighted by Gasteiger charge is -2.29. The fourth-order valence-corrected chi connectivity index (χ4v) is 8.03. The number of amides is 1. The molecular weight excluding hydrogens is 776 g/mol. The van der Waals surface area contributed by atoms with Crippen molar-refractivity contribution in [1.29, 1.82) is 0 Å². The number of hydrogen-bond donors (Lipinski definition) is 4. The number of hydrogen-bond acceptors (Lipinski definition) is 7. The zero-order valence-corrected chi connectivity index (χ0v) is 30.5. The topological polar surface area (TPSA) is 169 Å². The number of benzene rings is 2. The molecule has 3 aromatic heterocycles. The molecule has 1 amide bonds. The predicted octanol–water partition coefficient (Wildman–Crippen LogP) is 6.45. The van der Waals surface area contributed by atoms with Crippen molar-refractivity contribution in [2.45, 2.75) is 62.5 Å². The van der Waals surface area contributed by atoms with Crippen molar-refractivity contribution in [3.05, 3.63) is 93.0 Å². The van der Waals surface area contributed by atoms with E-state index in [0.29, 0.717) is 10.7 Å². The van der Waals surface area contributed by atoms with Gasteiger partial charge in [0.25, 0.3) is 12.3 Å². The van der Waals surface area contributed by atoms with Gasteiger partial charge in [-0.05, 0) is 74.4 Å². The molecule has 19 heteroatoms. The quantitative estimate of drug-likeness (QED) is 0.0930. The lowest BCUT2D eigenvalue weighted by molar-refractivity contribution is -0.122. The van der Waals surface area contributed by atoms with Crippen LogP contribution in [0.15, 0.2) is 42.5 Å². The number of aliphatic hydroxyl groups is 1. The van der Waals surface area contributed by atoms with Crippen LogP contribution in [0.25, 0.3) is 22.0 Å². The van der Waals surface area contributed by atoms with Gasteiger partial charge in [0, 0.05) is 34.6 Å². The first-order valence-electron chi connectivity index (χ1n) is 16.6. The van der Waals surface area contributed by atoms with E-state index in [4.69, 9.17) is 17.3 Å². The number of rotatable bonds is 10. The highest BCUT2D eigenvalue weighted by atomic mass is 35.5. The first-order chi connectivity index (χ1) is 25.6. The number of alkyl halides is 4. The maximum atomic E-state index is 16.0. The Labute approximate surface area is 314 Å². The molecule has 0 radical (unpaired) electrons. The summed E-state index contributed by atoms with van der Waals surface area (Å²) in [6, 6.07) is 6.21. The summed E-state index contributed by atoms with van der Waals surface area (Å²) in [7, 11) is -3.87. The first-order valence-corrected chi connectivity index (χ1v) is 18.9. The third kappa shape index (κ3) is 7.11. The number of nitrogens with two attached hydrogens (primary N) is 1. The van der Waals surface area contributed by atoms with E-state index in [9.17, 15) is 35.9 Å². The van der Waals surface area contributed by atoms with Crippen LogP contribution in [0.1, 0.15) is 78.5 Å². The fraction of sp³-hybridized carbons (Fsp3) is 0.333. The molecule has 0 spiro atoms. The van der Waals surface area contributed by atoms with Crippen LogP contribution in [0.4, 0.5) is 32.2 Å². The lowest BCUT2D eigenvalue weighted by Crippen LogP contribution is -2.37. The summed E-state index contributed by atoms with van der Waals surface area (Å²) >= 11 is 6.51. The number of sulfonamides is 1. The molecule has 5 N–H and O–H groups in total. The second-order valence-electron chi connectivity index (χ2n) is 14.1. The van der Waals surface area contributed by atoms with Gasteiger partial charge in [-0.3, -0.25) is 14.6 Å². The number of anilines is 1. The molecular formula is C36H30ClF6N7O4S. The van der Waals surface area contributed by atoms with Crippen LogP contribution in [-0.4, -0.2) is 56.3 Å². The molecule has 5 aromatic rings. The van der Waals surface area contributed by atoms with E-state index >= 15 is 8.78 Å². The number of nitrogens with one attached hydrogen (secondary N) is 2. The smallest absolute Gasteiger partial charge is 0.293 e. The van der Waals surface area contributed by atoms with E-state index in [2.05, 4.69) is 36.8 Å². The number of pyridine rings is 1. The predicted molar refractivity (Wildman–Crippen MR) is 189 cm³/mol. The highest BCUT2D eigenvalue weighted by molar-refractivity contribution is 7.92. The van der Waals surface area contributed by atoms with Crippen molar-refractivity contribution in [2.24, 2.45) is 11.7 Å². The minimum atomic E-state index is -3.87. The number of nitrogens with zero attached hydrogens (tertiary/aromatic N) is 4. The van der Waals surface area contributed by atoms with Gasteiger partial charge in [-0.25, -0.2) is 35.6 Å². The van der Waals surface area contributed by atoms with Gasteiger partial charge in [0.1, 0.15) is 40.4 Å². The minimum absolute atomic E-state index is 0.0284. The second-order valence-corrected chi connectivity index (χ2v) is 16.3. The Morgan fingerprint density at radius 2 is 1.82 bits per heavy atom. The average Bonchev–Trinajstić information content (AvgIpc) is 3.52. The number of aromatic amines is 1.